The first-order valence-corrected chi connectivity index (χ1v) is 16.9. The largest absolute Gasteiger partial charge is 0.0587 e. The van der Waals surface area contributed by atoms with E-state index in [1.165, 1.54) is 100 Å². The fourth-order valence-corrected chi connectivity index (χ4v) is 6.80. The van der Waals surface area contributed by atoms with Crippen molar-refractivity contribution in [2.24, 2.45) is 0 Å². The van der Waals surface area contributed by atoms with E-state index in [4.69, 9.17) is 0 Å². The second-order valence-corrected chi connectivity index (χ2v) is 13.4. The molecule has 0 unspecified atom stereocenters. The molecule has 0 amide bonds. The molecule has 0 atom stereocenters. The van der Waals surface area contributed by atoms with Crippen molar-refractivity contribution < 1.29 is 0 Å². The smallest absolute Gasteiger partial charge is 0.00139 e. The second-order valence-electron chi connectivity index (χ2n) is 13.4. The topological polar surface area (TPSA) is 0 Å². The van der Waals surface area contributed by atoms with Crippen LogP contribution in [0.5, 0.6) is 0 Å². The van der Waals surface area contributed by atoms with Gasteiger partial charge in [0.15, 0.2) is 0 Å². The molecule has 0 aliphatic rings. The third-order valence-electron chi connectivity index (χ3n) is 9.54. The molecule has 0 nitrogen and oxygen atoms in total. The highest BCUT2D eigenvalue weighted by Crippen LogP contribution is 2.55. The van der Waals surface area contributed by atoms with Gasteiger partial charge in [-0.15, -0.1) is 0 Å². The zero-order valence-electron chi connectivity index (χ0n) is 28.9. The molecule has 234 valence electrons. The predicted octanol–water partition coefficient (Wildman–Crippen LogP) is 13.5. The molecule has 0 N–H and O–H groups in total. The summed E-state index contributed by atoms with van der Waals surface area (Å²) in [6, 6.07) is 54.7. The standard InChI is InChI=1S/C48H42/c1-31-7-19-37(20-8-31)43-44(38-21-9-32(2)10-22-38)46(40-25-13-34(4)14-26-40)48(42-29-17-36(6)18-30-42)47(41-27-15-35(5)16-28-41)45(43)39-23-11-33(3)12-24-39/h7-30H,1-6H3. The third-order valence-corrected chi connectivity index (χ3v) is 9.54. The highest BCUT2D eigenvalue weighted by Gasteiger charge is 2.29. The molecule has 0 heteroatoms. The Labute approximate surface area is 286 Å². The lowest BCUT2D eigenvalue weighted by Crippen LogP contribution is -2.02. The van der Waals surface area contributed by atoms with Gasteiger partial charge in [-0.1, -0.05) is 179 Å². The van der Waals surface area contributed by atoms with Gasteiger partial charge in [-0.3, -0.25) is 0 Å². The predicted molar refractivity (Wildman–Crippen MR) is 207 cm³/mol. The lowest BCUT2D eigenvalue weighted by atomic mass is 9.74. The van der Waals surface area contributed by atoms with Crippen molar-refractivity contribution in [1.82, 2.24) is 0 Å². The maximum absolute atomic E-state index is 2.31. The summed E-state index contributed by atoms with van der Waals surface area (Å²) in [7, 11) is 0. The lowest BCUT2D eigenvalue weighted by molar-refractivity contribution is 1.42. The van der Waals surface area contributed by atoms with E-state index in [0.717, 1.165) is 0 Å². The Bertz CT molecular complexity index is 1750. The molecule has 0 aliphatic heterocycles. The maximum atomic E-state index is 2.31. The summed E-state index contributed by atoms with van der Waals surface area (Å²) in [4.78, 5) is 0. The number of hydrogen-bond donors (Lipinski definition) is 0. The van der Waals surface area contributed by atoms with Gasteiger partial charge in [0.2, 0.25) is 0 Å². The van der Waals surface area contributed by atoms with Crippen LogP contribution in [0.3, 0.4) is 0 Å². The van der Waals surface area contributed by atoms with Gasteiger partial charge < -0.3 is 0 Å². The van der Waals surface area contributed by atoms with Crippen molar-refractivity contribution in [3.63, 3.8) is 0 Å². The third kappa shape index (κ3) is 6.03. The summed E-state index contributed by atoms with van der Waals surface area (Å²) in [6.45, 7) is 13.0. The number of aryl methyl sites for hydroxylation is 6. The Kier molecular flexibility index (Phi) is 8.42. The number of benzene rings is 7. The van der Waals surface area contributed by atoms with Crippen LogP contribution in [0.1, 0.15) is 33.4 Å². The van der Waals surface area contributed by atoms with Crippen molar-refractivity contribution in [2.45, 2.75) is 41.5 Å². The molecule has 0 fully saturated rings. The van der Waals surface area contributed by atoms with Crippen LogP contribution in [-0.4, -0.2) is 0 Å². The van der Waals surface area contributed by atoms with Gasteiger partial charge in [0, 0.05) is 0 Å². The van der Waals surface area contributed by atoms with E-state index in [0.29, 0.717) is 0 Å². The van der Waals surface area contributed by atoms with E-state index in [-0.39, 0.29) is 0 Å². The highest BCUT2D eigenvalue weighted by atomic mass is 14.3. The molecule has 0 saturated heterocycles. The Morgan fingerprint density at radius 2 is 0.271 bits per heavy atom. The van der Waals surface area contributed by atoms with Crippen LogP contribution in [0.4, 0.5) is 0 Å². The molecule has 0 spiro atoms. The minimum absolute atomic E-state index is 1.21. The Balaban J connectivity index is 1.81. The van der Waals surface area contributed by atoms with Crippen LogP contribution in [-0.2, 0) is 0 Å². The van der Waals surface area contributed by atoms with Gasteiger partial charge in [0.1, 0.15) is 0 Å². The molecule has 0 aliphatic carbocycles. The van der Waals surface area contributed by atoms with E-state index in [9.17, 15) is 0 Å². The Hall–Kier alpha value is -5.46. The molecule has 0 bridgehead atoms. The SMILES string of the molecule is Cc1ccc(-c2c(-c3ccc(C)cc3)c(-c3ccc(C)cc3)c(-c3ccc(C)cc3)c(-c3ccc(C)cc3)c2-c2ccc(C)cc2)cc1. The number of rotatable bonds is 6. The lowest BCUT2D eigenvalue weighted by Gasteiger charge is -2.29. The van der Waals surface area contributed by atoms with Gasteiger partial charge in [-0.2, -0.15) is 0 Å². The molecule has 0 saturated carbocycles. The summed E-state index contributed by atoms with van der Waals surface area (Å²) in [5, 5.41) is 0. The van der Waals surface area contributed by atoms with E-state index in [2.05, 4.69) is 187 Å². The van der Waals surface area contributed by atoms with Crippen LogP contribution in [0.2, 0.25) is 0 Å². The molecule has 7 rings (SSSR count). The molecule has 7 aromatic carbocycles. The molecular weight excluding hydrogens is 577 g/mol. The monoisotopic (exact) mass is 618 g/mol. The fraction of sp³-hybridized carbons (Fsp3) is 0.125. The highest BCUT2D eigenvalue weighted by molar-refractivity contribution is 6.15. The van der Waals surface area contributed by atoms with Gasteiger partial charge >= 0.3 is 0 Å². The van der Waals surface area contributed by atoms with Crippen molar-refractivity contribution in [1.29, 1.82) is 0 Å². The summed E-state index contributed by atoms with van der Waals surface area (Å²) in [5.74, 6) is 0. The van der Waals surface area contributed by atoms with Crippen LogP contribution in [0.25, 0.3) is 66.8 Å². The summed E-state index contributed by atoms with van der Waals surface area (Å²) < 4.78 is 0. The van der Waals surface area contributed by atoms with E-state index >= 15 is 0 Å². The molecule has 48 heavy (non-hydrogen) atoms. The van der Waals surface area contributed by atoms with Gasteiger partial charge in [-0.25, -0.2) is 0 Å². The van der Waals surface area contributed by atoms with Crippen molar-refractivity contribution in [3.05, 3.63) is 179 Å². The van der Waals surface area contributed by atoms with Crippen LogP contribution in [0.15, 0.2) is 146 Å². The number of hydrogen-bond acceptors (Lipinski definition) is 0. The Morgan fingerprint density at radius 1 is 0.167 bits per heavy atom. The average Bonchev–Trinajstić information content (AvgIpc) is 3.10. The normalized spacial score (nSPS) is 11.1. The first-order valence-electron chi connectivity index (χ1n) is 16.9. The van der Waals surface area contributed by atoms with Crippen LogP contribution >= 0.6 is 0 Å². The van der Waals surface area contributed by atoms with Crippen LogP contribution in [0, 0.1) is 41.5 Å². The van der Waals surface area contributed by atoms with E-state index in [1.807, 2.05) is 0 Å². The second kappa shape index (κ2) is 13.0. The first-order chi connectivity index (χ1) is 23.3. The molecule has 0 heterocycles. The Morgan fingerprint density at radius 3 is 0.375 bits per heavy atom. The minimum atomic E-state index is 1.21. The zero-order chi connectivity index (χ0) is 33.4. The fourth-order valence-electron chi connectivity index (χ4n) is 6.80. The molecule has 0 radical (unpaired) electrons. The molecule has 0 aromatic heterocycles. The summed E-state index contributed by atoms with van der Waals surface area (Å²) in [5.41, 5.74) is 22.3. The zero-order valence-corrected chi connectivity index (χ0v) is 28.9. The van der Waals surface area contributed by atoms with Gasteiger partial charge in [0.05, 0.1) is 0 Å². The molecule has 7 aromatic rings. The molecular formula is C48H42. The van der Waals surface area contributed by atoms with Crippen molar-refractivity contribution in [2.75, 3.05) is 0 Å². The quantitative estimate of drug-likeness (QED) is 0.174. The summed E-state index contributed by atoms with van der Waals surface area (Å²) >= 11 is 0. The maximum Gasteiger partial charge on any atom is -0.00139 e. The van der Waals surface area contributed by atoms with Gasteiger partial charge in [0.25, 0.3) is 0 Å². The van der Waals surface area contributed by atoms with Crippen molar-refractivity contribution >= 4 is 0 Å². The van der Waals surface area contributed by atoms with Crippen LogP contribution < -0.4 is 0 Å². The van der Waals surface area contributed by atoms with E-state index in [1.54, 1.807) is 0 Å². The minimum Gasteiger partial charge on any atom is -0.0587 e. The summed E-state index contributed by atoms with van der Waals surface area (Å²) in [6.07, 6.45) is 0. The first kappa shape index (κ1) is 31.2. The van der Waals surface area contributed by atoms with E-state index < -0.39 is 0 Å². The van der Waals surface area contributed by atoms with Crippen molar-refractivity contribution in [3.8, 4) is 66.8 Å². The van der Waals surface area contributed by atoms with Gasteiger partial charge in [-0.05, 0) is 108 Å². The average molecular weight is 619 g/mol.